The van der Waals surface area contributed by atoms with Crippen molar-refractivity contribution in [2.75, 3.05) is 19.0 Å². The van der Waals surface area contributed by atoms with Gasteiger partial charge in [-0.3, -0.25) is 4.79 Å². The van der Waals surface area contributed by atoms with E-state index in [1.165, 1.54) is 0 Å². The molecule has 25 heavy (non-hydrogen) atoms. The van der Waals surface area contributed by atoms with E-state index >= 15 is 0 Å². The number of hydrogen-bond acceptors (Lipinski definition) is 4. The Kier molecular flexibility index (Phi) is 4.83. The highest BCUT2D eigenvalue weighted by Crippen LogP contribution is 2.37. The minimum Gasteiger partial charge on any atom is -0.493 e. The zero-order chi connectivity index (χ0) is 18.0. The van der Waals surface area contributed by atoms with Gasteiger partial charge in [0.05, 0.1) is 19.3 Å². The molecule has 0 spiro atoms. The van der Waals surface area contributed by atoms with Gasteiger partial charge in [0.2, 0.25) is 0 Å². The van der Waals surface area contributed by atoms with E-state index in [-0.39, 0.29) is 18.1 Å². The quantitative estimate of drug-likeness (QED) is 0.891. The molecule has 1 N–H and O–H groups in total. The van der Waals surface area contributed by atoms with Gasteiger partial charge in [0, 0.05) is 11.7 Å². The van der Waals surface area contributed by atoms with Crippen LogP contribution in [0, 0.1) is 0 Å². The highest BCUT2D eigenvalue weighted by atomic mass is 16.5. The Balaban J connectivity index is 2.04. The number of fused-ring (bicyclic) bond motifs is 1. The maximum Gasteiger partial charge on any atom is 0.258 e. The second-order valence-corrected chi connectivity index (χ2v) is 6.24. The monoisotopic (exact) mass is 340 g/mol. The molecule has 3 rings (SSSR count). The van der Waals surface area contributed by atoms with Crippen molar-refractivity contribution in [1.29, 1.82) is 0 Å². The first-order valence-corrected chi connectivity index (χ1v) is 8.55. The first-order chi connectivity index (χ1) is 12.1. The summed E-state index contributed by atoms with van der Waals surface area (Å²) < 4.78 is 11.1. The van der Waals surface area contributed by atoms with Crippen LogP contribution in [-0.4, -0.2) is 30.6 Å². The zero-order valence-corrected chi connectivity index (χ0v) is 15.1. The van der Waals surface area contributed by atoms with Crippen LogP contribution in [0.4, 0.5) is 5.69 Å². The van der Waals surface area contributed by atoms with Gasteiger partial charge >= 0.3 is 0 Å². The molecule has 0 aliphatic carbocycles. The summed E-state index contributed by atoms with van der Waals surface area (Å²) in [4.78, 5) is 14.9. The van der Waals surface area contributed by atoms with Gasteiger partial charge in [-0.25, -0.2) is 0 Å². The number of methoxy groups -OCH3 is 1. The van der Waals surface area contributed by atoms with E-state index in [0.717, 1.165) is 11.3 Å². The third-order valence-electron chi connectivity index (χ3n) is 4.32. The van der Waals surface area contributed by atoms with E-state index in [4.69, 9.17) is 9.47 Å². The Morgan fingerprint density at radius 1 is 1.16 bits per heavy atom. The van der Waals surface area contributed by atoms with Crippen molar-refractivity contribution in [3.8, 4) is 11.5 Å². The summed E-state index contributed by atoms with van der Waals surface area (Å²) in [7, 11) is 1.62. The summed E-state index contributed by atoms with van der Waals surface area (Å²) in [6, 6.07) is 13.5. The average molecular weight is 340 g/mol. The number of nitrogens with one attached hydrogen (secondary N) is 1. The molecule has 0 saturated carbocycles. The normalized spacial score (nSPS) is 16.4. The van der Waals surface area contributed by atoms with Crippen molar-refractivity contribution in [3.63, 3.8) is 0 Å². The Labute approximate surface area is 148 Å². The molecule has 2 aromatic rings. The van der Waals surface area contributed by atoms with E-state index in [9.17, 15) is 4.79 Å². The number of ether oxygens (including phenoxy) is 2. The van der Waals surface area contributed by atoms with Crippen molar-refractivity contribution in [2.24, 2.45) is 0 Å². The lowest BCUT2D eigenvalue weighted by Crippen LogP contribution is -2.46. The van der Waals surface area contributed by atoms with E-state index in [1.54, 1.807) is 7.11 Å². The molecular formula is C20H24N2O3. The van der Waals surface area contributed by atoms with E-state index < -0.39 is 0 Å². The van der Waals surface area contributed by atoms with Crippen LogP contribution in [-0.2, 0) is 0 Å². The molecule has 0 bridgehead atoms. The van der Waals surface area contributed by atoms with Crippen LogP contribution in [0.1, 0.15) is 42.9 Å². The fraction of sp³-hybridized carbons (Fsp3) is 0.350. The number of hydrogen-bond donors (Lipinski definition) is 1. The lowest BCUT2D eigenvalue weighted by Gasteiger charge is -2.40. The van der Waals surface area contributed by atoms with Gasteiger partial charge in [0.15, 0.2) is 11.5 Å². The van der Waals surface area contributed by atoms with Gasteiger partial charge in [0.25, 0.3) is 5.91 Å². The van der Waals surface area contributed by atoms with Crippen LogP contribution >= 0.6 is 0 Å². The summed E-state index contributed by atoms with van der Waals surface area (Å²) in [6.45, 7) is 6.55. The van der Waals surface area contributed by atoms with Crippen LogP contribution in [0.3, 0.4) is 0 Å². The third-order valence-corrected chi connectivity index (χ3v) is 4.32. The van der Waals surface area contributed by atoms with Gasteiger partial charge in [-0.1, -0.05) is 18.2 Å². The van der Waals surface area contributed by atoms with Crippen LogP contribution in [0.2, 0.25) is 0 Å². The second-order valence-electron chi connectivity index (χ2n) is 6.24. The second kappa shape index (κ2) is 7.05. The van der Waals surface area contributed by atoms with Crippen molar-refractivity contribution in [2.45, 2.75) is 33.0 Å². The Morgan fingerprint density at radius 3 is 2.60 bits per heavy atom. The van der Waals surface area contributed by atoms with E-state index in [1.807, 2.05) is 68.1 Å². The predicted molar refractivity (Wildman–Crippen MR) is 98.3 cm³/mol. The van der Waals surface area contributed by atoms with Gasteiger partial charge in [-0.15, -0.1) is 0 Å². The van der Waals surface area contributed by atoms with Gasteiger partial charge in [0.1, 0.15) is 6.17 Å². The van der Waals surface area contributed by atoms with Gasteiger partial charge < -0.3 is 19.7 Å². The molecule has 1 heterocycles. The first-order valence-electron chi connectivity index (χ1n) is 8.55. The smallest absolute Gasteiger partial charge is 0.258 e. The summed E-state index contributed by atoms with van der Waals surface area (Å²) in [5, 5.41) is 3.49. The minimum absolute atomic E-state index is 0.0298. The molecule has 5 heteroatoms. The van der Waals surface area contributed by atoms with Crippen LogP contribution in [0.25, 0.3) is 0 Å². The summed E-state index contributed by atoms with van der Waals surface area (Å²) >= 11 is 0. The zero-order valence-electron chi connectivity index (χ0n) is 15.1. The highest BCUT2D eigenvalue weighted by Gasteiger charge is 2.34. The molecule has 1 aliphatic rings. The molecule has 132 valence electrons. The molecule has 0 fully saturated rings. The fourth-order valence-electron chi connectivity index (χ4n) is 3.17. The Hall–Kier alpha value is -2.69. The molecule has 2 aromatic carbocycles. The molecule has 1 unspecified atom stereocenters. The molecule has 1 amide bonds. The third kappa shape index (κ3) is 3.14. The summed E-state index contributed by atoms with van der Waals surface area (Å²) in [5.41, 5.74) is 2.50. The Bertz CT molecular complexity index is 773. The molecule has 1 aliphatic heterocycles. The first kappa shape index (κ1) is 17.1. The molecule has 5 nitrogen and oxygen atoms in total. The largest absolute Gasteiger partial charge is 0.493 e. The van der Waals surface area contributed by atoms with Crippen molar-refractivity contribution < 1.29 is 14.3 Å². The van der Waals surface area contributed by atoms with Gasteiger partial charge in [-0.05, 0) is 50.6 Å². The van der Waals surface area contributed by atoms with Crippen molar-refractivity contribution in [1.82, 2.24) is 4.90 Å². The standard InChI is InChI=1S/C20H24N2O3/c1-5-25-17-11-10-14(12-18(17)24-4)19-21-16-9-7-6-8-15(16)20(23)22(19)13(2)3/h6-13,19,21H,5H2,1-4H3. The number of nitrogens with zero attached hydrogens (tertiary/aromatic N) is 1. The van der Waals surface area contributed by atoms with E-state index in [2.05, 4.69) is 5.32 Å². The van der Waals surface area contributed by atoms with Crippen molar-refractivity contribution in [3.05, 3.63) is 53.6 Å². The number of anilines is 1. The van der Waals surface area contributed by atoms with Crippen LogP contribution in [0.5, 0.6) is 11.5 Å². The molecule has 1 atom stereocenters. The average Bonchev–Trinajstić information content (AvgIpc) is 2.62. The molecule has 0 aromatic heterocycles. The number of carbonyl (C=O) groups is 1. The SMILES string of the molecule is CCOc1ccc(C2Nc3ccccc3C(=O)N2C(C)C)cc1OC. The molecule has 0 radical (unpaired) electrons. The fourth-order valence-corrected chi connectivity index (χ4v) is 3.17. The van der Waals surface area contributed by atoms with Crippen LogP contribution in [0.15, 0.2) is 42.5 Å². The molecule has 0 saturated heterocycles. The summed E-state index contributed by atoms with van der Waals surface area (Å²) in [5.74, 6) is 1.39. The highest BCUT2D eigenvalue weighted by molar-refractivity contribution is 6.01. The maximum atomic E-state index is 13.0. The topological polar surface area (TPSA) is 50.8 Å². The van der Waals surface area contributed by atoms with E-state index in [0.29, 0.717) is 23.7 Å². The van der Waals surface area contributed by atoms with Gasteiger partial charge in [-0.2, -0.15) is 0 Å². The number of benzene rings is 2. The van der Waals surface area contributed by atoms with Crippen LogP contribution < -0.4 is 14.8 Å². The summed E-state index contributed by atoms with van der Waals surface area (Å²) in [6.07, 6.45) is -0.257. The molecular weight excluding hydrogens is 316 g/mol. The Morgan fingerprint density at radius 2 is 1.92 bits per heavy atom. The number of para-hydroxylation sites is 1. The lowest BCUT2D eigenvalue weighted by atomic mass is 10.0. The lowest BCUT2D eigenvalue weighted by molar-refractivity contribution is 0.0616. The maximum absolute atomic E-state index is 13.0. The number of carbonyl (C=O) groups excluding carboxylic acids is 1. The van der Waals surface area contributed by atoms with Crippen molar-refractivity contribution >= 4 is 11.6 Å². The number of amides is 1. The minimum atomic E-state index is -0.257. The number of rotatable bonds is 5. The predicted octanol–water partition coefficient (Wildman–Crippen LogP) is 4.07.